The second-order valence-corrected chi connectivity index (χ2v) is 8.48. The van der Waals surface area contributed by atoms with E-state index in [1.807, 2.05) is 31.2 Å². The molecule has 214 valence electrons. The number of carboxylic acid groups (broad SMARTS) is 2. The molecule has 2 rings (SSSR count). The Bertz CT molecular complexity index is 1160. The first-order valence-corrected chi connectivity index (χ1v) is 12.4. The molecule has 0 aromatic heterocycles. The van der Waals surface area contributed by atoms with Crippen LogP contribution in [0.2, 0.25) is 0 Å². The summed E-state index contributed by atoms with van der Waals surface area (Å²) in [5, 5.41) is 29.5. The number of rotatable bonds is 15. The van der Waals surface area contributed by atoms with E-state index in [1.165, 1.54) is 5.56 Å². The van der Waals surface area contributed by atoms with Crippen LogP contribution in [-0.2, 0) is 19.2 Å². The van der Waals surface area contributed by atoms with Crippen molar-refractivity contribution in [3.63, 3.8) is 0 Å². The Morgan fingerprint density at radius 1 is 0.900 bits per heavy atom. The number of carbonyl (C=O) groups excluding carboxylic acids is 4. The van der Waals surface area contributed by atoms with Crippen molar-refractivity contribution in [1.82, 2.24) is 16.0 Å². The highest BCUT2D eigenvalue weighted by atomic mass is 16.4. The average Bonchev–Trinajstić information content (AvgIpc) is 2.92. The number of anilines is 1. The molecule has 2 aromatic rings. The number of hydrogen-bond acceptors (Lipinski definition) is 8. The predicted molar refractivity (Wildman–Crippen MR) is 145 cm³/mol. The van der Waals surface area contributed by atoms with Crippen LogP contribution in [0.5, 0.6) is 0 Å². The van der Waals surface area contributed by atoms with Crippen molar-refractivity contribution in [2.45, 2.75) is 45.1 Å². The summed E-state index contributed by atoms with van der Waals surface area (Å²) in [4.78, 5) is 62.0. The second-order valence-electron chi connectivity index (χ2n) is 8.48. The summed E-state index contributed by atoms with van der Waals surface area (Å²) >= 11 is 0. The number of aryl methyl sites for hydroxylation is 1. The number of carboxylic acids is 2. The molecule has 40 heavy (non-hydrogen) atoms. The zero-order valence-corrected chi connectivity index (χ0v) is 22.0. The van der Waals surface area contributed by atoms with Crippen LogP contribution < -0.4 is 21.4 Å². The van der Waals surface area contributed by atoms with Gasteiger partial charge in [0.15, 0.2) is 0 Å². The van der Waals surface area contributed by atoms with Crippen molar-refractivity contribution in [3.05, 3.63) is 65.2 Å². The summed E-state index contributed by atoms with van der Waals surface area (Å²) in [6.45, 7) is 2.82. The van der Waals surface area contributed by atoms with Crippen molar-refractivity contribution >= 4 is 41.9 Å². The minimum atomic E-state index is -1.29. The summed E-state index contributed by atoms with van der Waals surface area (Å²) < 4.78 is 0. The van der Waals surface area contributed by atoms with Crippen LogP contribution in [-0.4, -0.2) is 65.6 Å². The maximum Gasteiger partial charge on any atom is 0.373 e. The molecule has 2 aromatic carbocycles. The highest BCUT2D eigenvalue weighted by Crippen LogP contribution is 2.10. The molecule has 6 N–H and O–H groups in total. The van der Waals surface area contributed by atoms with Gasteiger partial charge >= 0.3 is 24.1 Å². The number of aliphatic carboxylic acids is 2. The standard InChI is InChI=1S/C26H33N5O6.CO2/c1-18-5-7-19(8-6-18)17-29-31-21-11-9-20(10-12-21)24(34)27-15-3-2-4-16-28-26(37)30-22(25(35)36)13-14-23(32)33;2-1-3/h5-12,17,22,31H,2-4,13-16H2,1H3,(H,27,34)(H,32,33)(H,35,36)(H2,28,30,37);/b29-17-;. The zero-order chi connectivity index (χ0) is 29.8. The van der Waals surface area contributed by atoms with Crippen LogP contribution in [0.3, 0.4) is 0 Å². The number of nitrogens with one attached hydrogen (secondary N) is 4. The minimum Gasteiger partial charge on any atom is -0.481 e. The van der Waals surface area contributed by atoms with E-state index in [4.69, 9.17) is 19.8 Å². The first kappa shape index (κ1) is 33.0. The first-order chi connectivity index (χ1) is 19.2. The minimum absolute atomic E-state index is 0.187. The van der Waals surface area contributed by atoms with E-state index >= 15 is 0 Å². The fraction of sp³-hybridized carbons (Fsp3) is 0.333. The maximum absolute atomic E-state index is 12.3. The Morgan fingerprint density at radius 2 is 1.50 bits per heavy atom. The summed E-state index contributed by atoms with van der Waals surface area (Å²) in [5.74, 6) is -2.60. The van der Waals surface area contributed by atoms with E-state index in [9.17, 15) is 19.2 Å². The number of hydrazone groups is 1. The van der Waals surface area contributed by atoms with Gasteiger partial charge in [-0.3, -0.25) is 15.0 Å². The third-order valence-electron chi connectivity index (χ3n) is 5.31. The van der Waals surface area contributed by atoms with E-state index in [1.54, 1.807) is 30.5 Å². The van der Waals surface area contributed by atoms with Crippen LogP contribution in [0.4, 0.5) is 10.5 Å². The molecule has 0 saturated heterocycles. The number of benzene rings is 2. The lowest BCUT2D eigenvalue weighted by Gasteiger charge is -2.14. The molecule has 0 aliphatic rings. The van der Waals surface area contributed by atoms with Gasteiger partial charge in [-0.2, -0.15) is 14.7 Å². The number of unbranched alkanes of at least 4 members (excludes halogenated alkanes) is 2. The lowest BCUT2D eigenvalue weighted by Crippen LogP contribution is -2.46. The van der Waals surface area contributed by atoms with E-state index in [2.05, 4.69) is 26.5 Å². The van der Waals surface area contributed by atoms with Crippen LogP contribution in [0.25, 0.3) is 0 Å². The Hall–Kier alpha value is -5.03. The van der Waals surface area contributed by atoms with E-state index in [0.717, 1.165) is 17.7 Å². The Kier molecular flexibility index (Phi) is 15.8. The number of nitrogens with zero attached hydrogens (tertiary/aromatic N) is 1. The van der Waals surface area contributed by atoms with E-state index in [0.29, 0.717) is 31.5 Å². The van der Waals surface area contributed by atoms with Gasteiger partial charge in [0.05, 0.1) is 11.9 Å². The lowest BCUT2D eigenvalue weighted by molar-refractivity contribution is -0.191. The summed E-state index contributed by atoms with van der Waals surface area (Å²) in [5.41, 5.74) is 6.38. The molecule has 1 atom stereocenters. The number of hydrogen-bond donors (Lipinski definition) is 6. The Morgan fingerprint density at radius 3 is 2.08 bits per heavy atom. The molecule has 13 heteroatoms. The number of carbonyl (C=O) groups is 4. The summed E-state index contributed by atoms with van der Waals surface area (Å²) in [6.07, 6.45) is 3.51. The lowest BCUT2D eigenvalue weighted by atomic mass is 10.1. The Labute approximate surface area is 231 Å². The average molecular weight is 556 g/mol. The van der Waals surface area contributed by atoms with Gasteiger partial charge in [0.2, 0.25) is 0 Å². The van der Waals surface area contributed by atoms with Gasteiger partial charge < -0.3 is 26.2 Å². The zero-order valence-electron chi connectivity index (χ0n) is 22.0. The molecule has 0 spiro atoms. The SMILES string of the molecule is Cc1ccc(/C=N\Nc2ccc(C(=O)NCCCCCNC(=O)NC(CCC(=O)O)C(=O)O)cc2)cc1.O=C=O. The van der Waals surface area contributed by atoms with Crippen molar-refractivity contribution in [1.29, 1.82) is 0 Å². The van der Waals surface area contributed by atoms with Crippen LogP contribution in [0.15, 0.2) is 53.6 Å². The smallest absolute Gasteiger partial charge is 0.373 e. The summed E-state index contributed by atoms with van der Waals surface area (Å²) in [7, 11) is 0. The molecule has 0 saturated carbocycles. The Balaban J connectivity index is 0.00000254. The molecule has 1 unspecified atom stereocenters. The third-order valence-corrected chi connectivity index (χ3v) is 5.31. The van der Waals surface area contributed by atoms with Crippen molar-refractivity contribution < 1.29 is 39.0 Å². The monoisotopic (exact) mass is 555 g/mol. The van der Waals surface area contributed by atoms with Gasteiger partial charge in [-0.15, -0.1) is 0 Å². The normalized spacial score (nSPS) is 10.8. The van der Waals surface area contributed by atoms with Crippen molar-refractivity contribution in [2.24, 2.45) is 5.10 Å². The maximum atomic E-state index is 12.3. The van der Waals surface area contributed by atoms with Crippen molar-refractivity contribution in [2.75, 3.05) is 18.5 Å². The molecule has 0 fully saturated rings. The fourth-order valence-corrected chi connectivity index (χ4v) is 3.20. The molecule has 0 heterocycles. The first-order valence-electron chi connectivity index (χ1n) is 12.4. The highest BCUT2D eigenvalue weighted by Gasteiger charge is 2.20. The molecule has 0 radical (unpaired) electrons. The molecular formula is C27H33N5O8. The van der Waals surface area contributed by atoms with E-state index < -0.39 is 24.0 Å². The predicted octanol–water partition coefficient (Wildman–Crippen LogP) is 2.37. The van der Waals surface area contributed by atoms with Gasteiger partial charge in [0.1, 0.15) is 6.04 Å². The number of urea groups is 1. The largest absolute Gasteiger partial charge is 0.481 e. The quantitative estimate of drug-likeness (QED) is 0.108. The molecule has 0 aliphatic carbocycles. The van der Waals surface area contributed by atoms with Gasteiger partial charge in [-0.1, -0.05) is 29.8 Å². The second kappa shape index (κ2) is 19.1. The van der Waals surface area contributed by atoms with Crippen LogP contribution >= 0.6 is 0 Å². The molecule has 0 aliphatic heterocycles. The topological polar surface area (TPSA) is 203 Å². The van der Waals surface area contributed by atoms with Gasteiger partial charge in [-0.05, 0) is 62.4 Å². The number of amides is 3. The van der Waals surface area contributed by atoms with E-state index in [-0.39, 0.29) is 24.9 Å². The highest BCUT2D eigenvalue weighted by molar-refractivity contribution is 5.94. The van der Waals surface area contributed by atoms with Crippen LogP contribution in [0, 0.1) is 6.92 Å². The molecular weight excluding hydrogens is 522 g/mol. The van der Waals surface area contributed by atoms with Gasteiger partial charge in [-0.25, -0.2) is 9.59 Å². The fourth-order valence-electron chi connectivity index (χ4n) is 3.20. The molecule has 13 nitrogen and oxygen atoms in total. The summed E-state index contributed by atoms with van der Waals surface area (Å²) in [6, 6.07) is 13.0. The van der Waals surface area contributed by atoms with Crippen molar-refractivity contribution in [3.8, 4) is 0 Å². The van der Waals surface area contributed by atoms with Gasteiger partial charge in [0.25, 0.3) is 5.91 Å². The van der Waals surface area contributed by atoms with Crippen LogP contribution in [0.1, 0.15) is 53.6 Å². The van der Waals surface area contributed by atoms with Gasteiger partial charge in [0, 0.05) is 25.1 Å². The third kappa shape index (κ3) is 14.6. The molecule has 0 bridgehead atoms. The molecule has 3 amide bonds.